The number of hydrogen-bond acceptors (Lipinski definition) is 5. The Morgan fingerprint density at radius 1 is 1.35 bits per heavy atom. The fourth-order valence-corrected chi connectivity index (χ4v) is 4.23. The highest BCUT2D eigenvalue weighted by atomic mass is 32.1. The zero-order valence-electron chi connectivity index (χ0n) is 13.7. The summed E-state index contributed by atoms with van der Waals surface area (Å²) >= 11 is 1.62. The highest BCUT2D eigenvalue weighted by molar-refractivity contribution is 7.18. The number of nitrogens with zero attached hydrogens (tertiary/aromatic N) is 2. The van der Waals surface area contributed by atoms with Crippen LogP contribution >= 0.6 is 11.3 Å². The molecule has 124 valence electrons. The fraction of sp³-hybridized carbons (Fsp3) is 0.562. The van der Waals surface area contributed by atoms with Gasteiger partial charge in [0.15, 0.2) is 0 Å². The average Bonchev–Trinajstić information content (AvgIpc) is 2.87. The van der Waals surface area contributed by atoms with E-state index in [2.05, 4.69) is 15.6 Å². The van der Waals surface area contributed by atoms with Gasteiger partial charge in [0.2, 0.25) is 11.9 Å². The van der Waals surface area contributed by atoms with Crippen molar-refractivity contribution in [2.24, 2.45) is 7.05 Å². The van der Waals surface area contributed by atoms with Crippen LogP contribution in [0.15, 0.2) is 4.79 Å². The van der Waals surface area contributed by atoms with Gasteiger partial charge in [0.1, 0.15) is 4.83 Å². The lowest BCUT2D eigenvalue weighted by Gasteiger charge is -2.12. The second-order valence-corrected chi connectivity index (χ2v) is 7.35. The maximum Gasteiger partial charge on any atom is 0.263 e. The standard InChI is InChI=1S/C16H22N4O2S/c1-9(2)18-12(21)8-17-16-19-14-13(15(22)20(16)3)10-6-4-5-7-11(10)23-14/h9H,4-8H2,1-3H3,(H,17,19)(H,18,21). The van der Waals surface area contributed by atoms with Gasteiger partial charge in [0.05, 0.1) is 11.9 Å². The smallest absolute Gasteiger partial charge is 0.263 e. The van der Waals surface area contributed by atoms with Crippen LogP contribution in [0.2, 0.25) is 0 Å². The Balaban J connectivity index is 1.92. The van der Waals surface area contributed by atoms with Crippen molar-refractivity contribution in [1.82, 2.24) is 14.9 Å². The molecular formula is C16H22N4O2S. The van der Waals surface area contributed by atoms with Crippen LogP contribution in [-0.2, 0) is 24.7 Å². The van der Waals surface area contributed by atoms with Crippen LogP contribution in [0.3, 0.4) is 0 Å². The third-order valence-electron chi connectivity index (χ3n) is 4.05. The van der Waals surface area contributed by atoms with E-state index in [1.54, 1.807) is 18.4 Å². The summed E-state index contributed by atoms with van der Waals surface area (Å²) in [7, 11) is 1.70. The number of nitrogens with one attached hydrogen (secondary N) is 2. The number of aromatic nitrogens is 2. The van der Waals surface area contributed by atoms with E-state index < -0.39 is 0 Å². The summed E-state index contributed by atoms with van der Waals surface area (Å²) in [5.74, 6) is 0.333. The lowest BCUT2D eigenvalue weighted by atomic mass is 9.97. The van der Waals surface area contributed by atoms with Crippen molar-refractivity contribution in [3.05, 3.63) is 20.8 Å². The Labute approximate surface area is 138 Å². The van der Waals surface area contributed by atoms with Gasteiger partial charge in [-0.15, -0.1) is 11.3 Å². The summed E-state index contributed by atoms with van der Waals surface area (Å²) in [6.07, 6.45) is 4.33. The predicted octanol–water partition coefficient (Wildman–Crippen LogP) is 1.81. The molecule has 2 N–H and O–H groups in total. The quantitative estimate of drug-likeness (QED) is 0.894. The second kappa shape index (κ2) is 6.31. The number of hydrogen-bond donors (Lipinski definition) is 2. The molecule has 0 aliphatic heterocycles. The third-order valence-corrected chi connectivity index (χ3v) is 5.24. The third kappa shape index (κ3) is 3.10. The Kier molecular flexibility index (Phi) is 4.39. The zero-order valence-corrected chi connectivity index (χ0v) is 14.5. The average molecular weight is 334 g/mol. The molecule has 3 rings (SSSR count). The van der Waals surface area contributed by atoms with Gasteiger partial charge in [-0.25, -0.2) is 4.98 Å². The van der Waals surface area contributed by atoms with Crippen LogP contribution in [0.5, 0.6) is 0 Å². The summed E-state index contributed by atoms with van der Waals surface area (Å²) < 4.78 is 1.51. The molecule has 0 fully saturated rings. The van der Waals surface area contributed by atoms with Crippen molar-refractivity contribution in [2.75, 3.05) is 11.9 Å². The summed E-state index contributed by atoms with van der Waals surface area (Å²) in [5, 5.41) is 6.56. The molecule has 0 unspecified atom stereocenters. The number of rotatable bonds is 4. The minimum Gasteiger partial charge on any atom is -0.352 e. The van der Waals surface area contributed by atoms with Crippen molar-refractivity contribution in [2.45, 2.75) is 45.6 Å². The van der Waals surface area contributed by atoms with E-state index in [4.69, 9.17) is 0 Å². The van der Waals surface area contributed by atoms with Crippen molar-refractivity contribution >= 4 is 33.4 Å². The molecule has 1 amide bonds. The van der Waals surface area contributed by atoms with Gasteiger partial charge in [0, 0.05) is 18.0 Å². The number of carbonyl (C=O) groups is 1. The molecule has 1 aliphatic rings. The molecule has 6 nitrogen and oxygen atoms in total. The zero-order chi connectivity index (χ0) is 16.6. The molecule has 2 heterocycles. The minimum atomic E-state index is -0.111. The fourth-order valence-electron chi connectivity index (χ4n) is 2.98. The number of thiophene rings is 1. The minimum absolute atomic E-state index is 0.0267. The first kappa shape index (κ1) is 16.0. The maximum absolute atomic E-state index is 12.7. The molecule has 7 heteroatoms. The van der Waals surface area contributed by atoms with Crippen LogP contribution < -0.4 is 16.2 Å². The number of amides is 1. The van der Waals surface area contributed by atoms with Gasteiger partial charge < -0.3 is 10.6 Å². The van der Waals surface area contributed by atoms with Crippen LogP contribution in [0.1, 0.15) is 37.1 Å². The van der Waals surface area contributed by atoms with Crippen LogP contribution in [0.25, 0.3) is 10.2 Å². The first-order valence-corrected chi connectivity index (χ1v) is 8.83. The molecule has 0 bridgehead atoms. The lowest BCUT2D eigenvalue weighted by molar-refractivity contribution is -0.119. The van der Waals surface area contributed by atoms with Gasteiger partial charge in [-0.3, -0.25) is 14.2 Å². The Morgan fingerprint density at radius 2 is 2.09 bits per heavy atom. The SMILES string of the molecule is CC(C)NC(=O)CNc1nc2sc3c(c2c(=O)n1C)CCCC3. The summed E-state index contributed by atoms with van der Waals surface area (Å²) in [6.45, 7) is 3.93. The molecule has 23 heavy (non-hydrogen) atoms. The van der Waals surface area contributed by atoms with E-state index in [9.17, 15) is 9.59 Å². The highest BCUT2D eigenvalue weighted by Crippen LogP contribution is 2.34. The molecular weight excluding hydrogens is 312 g/mol. The normalized spacial score (nSPS) is 14.1. The van der Waals surface area contributed by atoms with Gasteiger partial charge in [-0.05, 0) is 45.1 Å². The molecule has 2 aromatic heterocycles. The van der Waals surface area contributed by atoms with E-state index in [0.29, 0.717) is 5.95 Å². The lowest BCUT2D eigenvalue weighted by Crippen LogP contribution is -2.36. The summed E-state index contributed by atoms with van der Waals surface area (Å²) in [5.41, 5.74) is 1.16. The van der Waals surface area contributed by atoms with Crippen molar-refractivity contribution in [1.29, 1.82) is 0 Å². The van der Waals surface area contributed by atoms with E-state index in [-0.39, 0.29) is 24.1 Å². The topological polar surface area (TPSA) is 76.0 Å². The molecule has 0 saturated heterocycles. The van der Waals surface area contributed by atoms with Crippen molar-refractivity contribution in [3.8, 4) is 0 Å². The highest BCUT2D eigenvalue weighted by Gasteiger charge is 2.21. The first-order valence-electron chi connectivity index (χ1n) is 8.02. The maximum atomic E-state index is 12.7. The number of fused-ring (bicyclic) bond motifs is 3. The predicted molar refractivity (Wildman–Crippen MR) is 93.3 cm³/mol. The van der Waals surface area contributed by atoms with Crippen LogP contribution in [0, 0.1) is 0 Å². The molecule has 0 aromatic carbocycles. The van der Waals surface area contributed by atoms with Crippen molar-refractivity contribution < 1.29 is 4.79 Å². The molecule has 0 spiro atoms. The van der Waals surface area contributed by atoms with E-state index in [0.717, 1.165) is 29.5 Å². The number of aryl methyl sites for hydroxylation is 2. The van der Waals surface area contributed by atoms with Gasteiger partial charge >= 0.3 is 0 Å². The molecule has 2 aromatic rings. The van der Waals surface area contributed by atoms with E-state index in [1.165, 1.54) is 21.4 Å². The molecule has 1 aliphatic carbocycles. The van der Waals surface area contributed by atoms with Crippen LogP contribution in [-0.4, -0.2) is 28.0 Å². The Bertz CT molecular complexity index is 806. The second-order valence-electron chi connectivity index (χ2n) is 6.27. The molecule has 0 atom stereocenters. The van der Waals surface area contributed by atoms with Crippen molar-refractivity contribution in [3.63, 3.8) is 0 Å². The monoisotopic (exact) mass is 334 g/mol. The van der Waals surface area contributed by atoms with Crippen LogP contribution in [0.4, 0.5) is 5.95 Å². The van der Waals surface area contributed by atoms with E-state index >= 15 is 0 Å². The summed E-state index contributed by atoms with van der Waals surface area (Å²) in [4.78, 5) is 31.1. The summed E-state index contributed by atoms with van der Waals surface area (Å²) in [6, 6.07) is 0.0904. The molecule has 0 saturated carbocycles. The van der Waals surface area contributed by atoms with Gasteiger partial charge in [0.25, 0.3) is 5.56 Å². The van der Waals surface area contributed by atoms with E-state index in [1.807, 2.05) is 13.8 Å². The van der Waals surface area contributed by atoms with Gasteiger partial charge in [-0.1, -0.05) is 0 Å². The first-order chi connectivity index (χ1) is 11.0. The number of carbonyl (C=O) groups excluding carboxylic acids is 1. The number of anilines is 1. The molecule has 0 radical (unpaired) electrons. The van der Waals surface area contributed by atoms with Gasteiger partial charge in [-0.2, -0.15) is 0 Å². The Hall–Kier alpha value is -1.89. The Morgan fingerprint density at radius 3 is 2.83 bits per heavy atom. The largest absolute Gasteiger partial charge is 0.352 e.